The van der Waals surface area contributed by atoms with Crippen molar-refractivity contribution in [3.05, 3.63) is 42.0 Å². The second-order valence-electron chi connectivity index (χ2n) is 5.91. The Kier molecular flexibility index (Phi) is 9.28. The minimum Gasteiger partial charge on any atom is -0.454 e. The van der Waals surface area contributed by atoms with E-state index in [1.165, 1.54) is 13.0 Å². The summed E-state index contributed by atoms with van der Waals surface area (Å²) in [6.07, 6.45) is 3.62. The molecule has 0 aliphatic carbocycles. The van der Waals surface area contributed by atoms with Crippen molar-refractivity contribution in [3.8, 4) is 0 Å². The standard InChI is InChI=1S/C19H25N3O5/c1-4-13(2)20-19(26)22-17(24)12-27-18(25)14(3)21-16(23)11-10-15-8-6-5-7-9-15/h5-11,13-14H,4,12H2,1-3H3,(H,21,23)(H2,20,22,24,26)/b11-10+/t13-,14-/m0/s1. The number of amides is 4. The quantitative estimate of drug-likeness (QED) is 0.469. The van der Waals surface area contributed by atoms with E-state index in [1.807, 2.05) is 37.3 Å². The Morgan fingerprint density at radius 2 is 1.74 bits per heavy atom. The molecule has 0 heterocycles. The van der Waals surface area contributed by atoms with Crippen molar-refractivity contribution in [2.45, 2.75) is 39.3 Å². The number of nitrogens with one attached hydrogen (secondary N) is 3. The average Bonchev–Trinajstić information content (AvgIpc) is 2.64. The number of imide groups is 1. The lowest BCUT2D eigenvalue weighted by atomic mass is 10.2. The first-order chi connectivity index (χ1) is 12.8. The highest BCUT2D eigenvalue weighted by molar-refractivity contribution is 5.97. The monoisotopic (exact) mass is 375 g/mol. The van der Waals surface area contributed by atoms with E-state index < -0.39 is 36.5 Å². The van der Waals surface area contributed by atoms with Gasteiger partial charge in [0.15, 0.2) is 6.61 Å². The maximum absolute atomic E-state index is 11.8. The Morgan fingerprint density at radius 1 is 1.07 bits per heavy atom. The lowest BCUT2D eigenvalue weighted by Crippen LogP contribution is -2.45. The van der Waals surface area contributed by atoms with Crippen LogP contribution >= 0.6 is 0 Å². The number of carbonyl (C=O) groups excluding carboxylic acids is 4. The molecular formula is C19H25N3O5. The highest BCUT2D eigenvalue weighted by atomic mass is 16.5. The summed E-state index contributed by atoms with van der Waals surface area (Å²) in [4.78, 5) is 46.7. The molecule has 0 radical (unpaired) electrons. The molecule has 0 aliphatic heterocycles. The Balaban J connectivity index is 2.35. The van der Waals surface area contributed by atoms with Gasteiger partial charge in [0.25, 0.3) is 5.91 Å². The van der Waals surface area contributed by atoms with E-state index in [0.717, 1.165) is 5.56 Å². The van der Waals surface area contributed by atoms with E-state index in [2.05, 4.69) is 16.0 Å². The molecule has 8 nitrogen and oxygen atoms in total. The minimum absolute atomic E-state index is 0.0838. The van der Waals surface area contributed by atoms with Crippen LogP contribution in [0.15, 0.2) is 36.4 Å². The van der Waals surface area contributed by atoms with E-state index in [1.54, 1.807) is 13.0 Å². The van der Waals surface area contributed by atoms with Gasteiger partial charge < -0.3 is 15.4 Å². The molecule has 2 atom stereocenters. The molecule has 0 spiro atoms. The van der Waals surface area contributed by atoms with E-state index >= 15 is 0 Å². The van der Waals surface area contributed by atoms with Gasteiger partial charge in [0.2, 0.25) is 5.91 Å². The van der Waals surface area contributed by atoms with Crippen LogP contribution in [0.1, 0.15) is 32.8 Å². The third kappa shape index (κ3) is 9.20. The molecule has 0 unspecified atom stereocenters. The van der Waals surface area contributed by atoms with Crippen LogP contribution in [-0.2, 0) is 19.1 Å². The Labute approximate surface area is 158 Å². The van der Waals surface area contributed by atoms with Crippen LogP contribution in [0, 0.1) is 0 Å². The van der Waals surface area contributed by atoms with Gasteiger partial charge in [-0.15, -0.1) is 0 Å². The van der Waals surface area contributed by atoms with Crippen molar-refractivity contribution >= 4 is 29.9 Å². The Hall–Kier alpha value is -3.16. The summed E-state index contributed by atoms with van der Waals surface area (Å²) >= 11 is 0. The minimum atomic E-state index is -0.945. The number of rotatable bonds is 8. The Morgan fingerprint density at radius 3 is 2.37 bits per heavy atom. The van der Waals surface area contributed by atoms with Crippen LogP contribution in [0.2, 0.25) is 0 Å². The molecular weight excluding hydrogens is 350 g/mol. The first-order valence-corrected chi connectivity index (χ1v) is 8.62. The largest absolute Gasteiger partial charge is 0.454 e. The van der Waals surface area contributed by atoms with Crippen molar-refractivity contribution in [1.82, 2.24) is 16.0 Å². The second-order valence-corrected chi connectivity index (χ2v) is 5.91. The fourth-order valence-corrected chi connectivity index (χ4v) is 1.84. The number of hydrogen-bond donors (Lipinski definition) is 3. The number of urea groups is 1. The fraction of sp³-hybridized carbons (Fsp3) is 0.368. The molecule has 146 valence electrons. The van der Waals surface area contributed by atoms with Crippen LogP contribution in [0.25, 0.3) is 6.08 Å². The van der Waals surface area contributed by atoms with Gasteiger partial charge >= 0.3 is 12.0 Å². The van der Waals surface area contributed by atoms with Crippen molar-refractivity contribution in [2.75, 3.05) is 6.61 Å². The summed E-state index contributed by atoms with van der Waals surface area (Å²) in [5.41, 5.74) is 0.843. The molecule has 27 heavy (non-hydrogen) atoms. The molecule has 1 aromatic rings. The smallest absolute Gasteiger partial charge is 0.328 e. The van der Waals surface area contributed by atoms with E-state index in [0.29, 0.717) is 6.42 Å². The molecule has 0 aromatic heterocycles. The first-order valence-electron chi connectivity index (χ1n) is 8.62. The predicted octanol–water partition coefficient (Wildman–Crippen LogP) is 1.37. The third-order valence-electron chi connectivity index (χ3n) is 3.53. The van der Waals surface area contributed by atoms with Gasteiger partial charge in [-0.2, -0.15) is 0 Å². The normalized spacial score (nSPS) is 12.7. The number of benzene rings is 1. The maximum Gasteiger partial charge on any atom is 0.328 e. The third-order valence-corrected chi connectivity index (χ3v) is 3.53. The summed E-state index contributed by atoms with van der Waals surface area (Å²) in [6.45, 7) is 4.50. The average molecular weight is 375 g/mol. The fourth-order valence-electron chi connectivity index (χ4n) is 1.84. The molecule has 0 saturated heterocycles. The van der Waals surface area contributed by atoms with Crippen molar-refractivity contribution in [3.63, 3.8) is 0 Å². The summed E-state index contributed by atoms with van der Waals surface area (Å²) < 4.78 is 4.79. The van der Waals surface area contributed by atoms with E-state index in [-0.39, 0.29) is 6.04 Å². The van der Waals surface area contributed by atoms with Crippen LogP contribution < -0.4 is 16.0 Å². The van der Waals surface area contributed by atoms with Gasteiger partial charge in [0.05, 0.1) is 0 Å². The highest BCUT2D eigenvalue weighted by Gasteiger charge is 2.18. The highest BCUT2D eigenvalue weighted by Crippen LogP contribution is 2.00. The number of ether oxygens (including phenoxy) is 1. The number of hydrogen-bond acceptors (Lipinski definition) is 5. The van der Waals surface area contributed by atoms with Gasteiger partial charge in [-0.05, 0) is 31.9 Å². The number of carbonyl (C=O) groups is 4. The van der Waals surface area contributed by atoms with Gasteiger partial charge in [-0.1, -0.05) is 37.3 Å². The van der Waals surface area contributed by atoms with Crippen LogP contribution in [-0.4, -0.2) is 42.5 Å². The molecule has 1 aromatic carbocycles. The van der Waals surface area contributed by atoms with E-state index in [4.69, 9.17) is 4.74 Å². The van der Waals surface area contributed by atoms with Crippen LogP contribution in [0.4, 0.5) is 4.79 Å². The molecule has 4 amide bonds. The molecule has 0 bridgehead atoms. The maximum atomic E-state index is 11.8. The second kappa shape index (κ2) is 11.5. The molecule has 0 aliphatic rings. The lowest BCUT2D eigenvalue weighted by Gasteiger charge is -2.13. The topological polar surface area (TPSA) is 114 Å². The van der Waals surface area contributed by atoms with Crippen LogP contribution in [0.5, 0.6) is 0 Å². The van der Waals surface area contributed by atoms with Gasteiger partial charge in [0.1, 0.15) is 6.04 Å². The molecule has 0 fully saturated rings. The molecule has 1 rings (SSSR count). The van der Waals surface area contributed by atoms with Crippen molar-refractivity contribution < 1.29 is 23.9 Å². The van der Waals surface area contributed by atoms with Gasteiger partial charge in [0, 0.05) is 12.1 Å². The predicted molar refractivity (Wildman–Crippen MR) is 100 cm³/mol. The van der Waals surface area contributed by atoms with Crippen LogP contribution in [0.3, 0.4) is 0 Å². The summed E-state index contributed by atoms with van der Waals surface area (Å²) in [6, 6.07) is 7.52. The summed E-state index contributed by atoms with van der Waals surface area (Å²) in [7, 11) is 0. The zero-order valence-corrected chi connectivity index (χ0v) is 15.7. The summed E-state index contributed by atoms with van der Waals surface area (Å²) in [5, 5.41) is 7.04. The van der Waals surface area contributed by atoms with Gasteiger partial charge in [-0.25, -0.2) is 9.59 Å². The van der Waals surface area contributed by atoms with E-state index in [9.17, 15) is 19.2 Å². The lowest BCUT2D eigenvalue weighted by molar-refractivity contribution is -0.150. The number of esters is 1. The van der Waals surface area contributed by atoms with Crippen molar-refractivity contribution in [1.29, 1.82) is 0 Å². The van der Waals surface area contributed by atoms with Gasteiger partial charge in [-0.3, -0.25) is 14.9 Å². The zero-order valence-electron chi connectivity index (χ0n) is 15.7. The van der Waals surface area contributed by atoms with Crippen molar-refractivity contribution in [2.24, 2.45) is 0 Å². The summed E-state index contributed by atoms with van der Waals surface area (Å²) in [5.74, 6) is -2.01. The SMILES string of the molecule is CC[C@H](C)NC(=O)NC(=O)COC(=O)[C@H](C)NC(=O)/C=C/c1ccccc1. The Bertz CT molecular complexity index is 688. The zero-order chi connectivity index (χ0) is 20.2. The molecule has 8 heteroatoms. The molecule has 3 N–H and O–H groups in total. The molecule has 0 saturated carbocycles. The first kappa shape index (κ1) is 21.9.